The quantitative estimate of drug-likeness (QED) is 0.375. The minimum absolute atomic E-state index is 0.319. The van der Waals surface area contributed by atoms with Crippen LogP contribution >= 0.6 is 23.2 Å². The highest BCUT2D eigenvalue weighted by Crippen LogP contribution is 2.32. The summed E-state index contributed by atoms with van der Waals surface area (Å²) < 4.78 is 17.8. The number of rotatable bonds is 4. The van der Waals surface area contributed by atoms with Crippen molar-refractivity contribution in [2.24, 2.45) is 0 Å². The van der Waals surface area contributed by atoms with Crippen molar-refractivity contribution in [3.05, 3.63) is 82.4 Å². The number of ether oxygens (including phenoxy) is 1. The van der Waals surface area contributed by atoms with E-state index in [1.807, 2.05) is 0 Å². The zero-order valence-corrected chi connectivity index (χ0v) is 17.3. The first-order chi connectivity index (χ1) is 14.5. The Labute approximate surface area is 182 Å². The number of fused-ring (bicyclic) bond motifs is 1. The molecule has 0 atom stereocenters. The lowest BCUT2D eigenvalue weighted by molar-refractivity contribution is 0.0526. The number of para-hydroxylation sites is 1. The van der Waals surface area contributed by atoms with Crippen molar-refractivity contribution < 1.29 is 13.9 Å². The second-order valence-electron chi connectivity index (χ2n) is 5.93. The standard InChI is InChI=1S/C13H8Cl2FN3.C8H9NO2/c14-8-2-1-3-9(15)12(8)19-13-17-10-5-4-7(16)6-11(10)18-13;1-2-11-8(10)7-4-3-5-9-6-7/h1-6H,(H2,17,18,19);3-6H,2H2,1H3. The summed E-state index contributed by atoms with van der Waals surface area (Å²) in [5.41, 5.74) is 2.32. The van der Waals surface area contributed by atoms with Crippen molar-refractivity contribution in [1.29, 1.82) is 0 Å². The molecule has 30 heavy (non-hydrogen) atoms. The number of anilines is 2. The number of halogens is 3. The maximum absolute atomic E-state index is 13.1. The Bertz CT molecular complexity index is 1130. The van der Waals surface area contributed by atoms with Gasteiger partial charge in [-0.2, -0.15) is 0 Å². The third kappa shape index (κ3) is 5.46. The van der Waals surface area contributed by atoms with Crippen LogP contribution in [0.3, 0.4) is 0 Å². The summed E-state index contributed by atoms with van der Waals surface area (Å²) in [4.78, 5) is 22.0. The first-order valence-electron chi connectivity index (χ1n) is 8.91. The number of aromatic amines is 1. The van der Waals surface area contributed by atoms with Gasteiger partial charge in [0.05, 0.1) is 38.9 Å². The molecule has 6 nitrogen and oxygen atoms in total. The van der Waals surface area contributed by atoms with Gasteiger partial charge in [-0.25, -0.2) is 14.2 Å². The number of aromatic nitrogens is 3. The van der Waals surface area contributed by atoms with Gasteiger partial charge in [0.1, 0.15) is 5.82 Å². The molecule has 2 N–H and O–H groups in total. The lowest BCUT2D eigenvalue weighted by Gasteiger charge is -2.06. The molecule has 0 fully saturated rings. The van der Waals surface area contributed by atoms with Gasteiger partial charge >= 0.3 is 5.97 Å². The number of nitrogens with one attached hydrogen (secondary N) is 2. The molecule has 4 rings (SSSR count). The van der Waals surface area contributed by atoms with Crippen LogP contribution in [0.4, 0.5) is 16.0 Å². The molecule has 0 aliphatic rings. The molecule has 2 heterocycles. The molecule has 2 aromatic carbocycles. The van der Waals surface area contributed by atoms with Gasteiger partial charge in [0.25, 0.3) is 0 Å². The van der Waals surface area contributed by atoms with Crippen molar-refractivity contribution in [2.45, 2.75) is 6.92 Å². The maximum Gasteiger partial charge on any atom is 0.339 e. The van der Waals surface area contributed by atoms with Gasteiger partial charge in [0.15, 0.2) is 0 Å². The van der Waals surface area contributed by atoms with E-state index < -0.39 is 0 Å². The molecule has 154 valence electrons. The maximum atomic E-state index is 13.1. The van der Waals surface area contributed by atoms with E-state index in [0.717, 1.165) is 0 Å². The van der Waals surface area contributed by atoms with Crippen LogP contribution in [-0.2, 0) is 4.74 Å². The monoisotopic (exact) mass is 446 g/mol. The predicted molar refractivity (Wildman–Crippen MR) is 116 cm³/mol. The van der Waals surface area contributed by atoms with E-state index in [4.69, 9.17) is 27.9 Å². The molecular weight excluding hydrogens is 430 g/mol. The van der Waals surface area contributed by atoms with Crippen molar-refractivity contribution in [3.8, 4) is 0 Å². The average Bonchev–Trinajstić information content (AvgIpc) is 3.14. The SMILES string of the molecule is CCOC(=O)c1cccnc1.Fc1ccc2nc(Nc3c(Cl)cccc3Cl)[nH]c2c1. The minimum atomic E-state index is -0.321. The Morgan fingerprint density at radius 3 is 2.60 bits per heavy atom. The lowest BCUT2D eigenvalue weighted by atomic mass is 10.3. The number of hydrogen-bond donors (Lipinski definition) is 2. The molecule has 0 aliphatic carbocycles. The van der Waals surface area contributed by atoms with Crippen LogP contribution in [0.15, 0.2) is 60.9 Å². The number of esters is 1. The predicted octanol–water partition coefficient (Wildman–Crippen LogP) is 6.01. The smallest absolute Gasteiger partial charge is 0.339 e. The number of imidazole rings is 1. The number of hydrogen-bond acceptors (Lipinski definition) is 5. The highest BCUT2D eigenvalue weighted by Gasteiger charge is 2.09. The van der Waals surface area contributed by atoms with Crippen LogP contribution in [0.1, 0.15) is 17.3 Å². The summed E-state index contributed by atoms with van der Waals surface area (Å²) in [6.45, 7) is 2.17. The van der Waals surface area contributed by atoms with Crippen molar-refractivity contribution in [2.75, 3.05) is 11.9 Å². The zero-order chi connectivity index (χ0) is 21.5. The highest BCUT2D eigenvalue weighted by molar-refractivity contribution is 6.39. The fourth-order valence-corrected chi connectivity index (χ4v) is 2.97. The van der Waals surface area contributed by atoms with Crippen LogP contribution in [0.2, 0.25) is 10.0 Å². The molecule has 0 aliphatic heterocycles. The fraction of sp³-hybridized carbons (Fsp3) is 0.0952. The summed E-state index contributed by atoms with van der Waals surface area (Å²) in [5, 5.41) is 3.97. The van der Waals surface area contributed by atoms with Crippen LogP contribution in [-0.4, -0.2) is 27.5 Å². The van der Waals surface area contributed by atoms with Gasteiger partial charge in [-0.1, -0.05) is 29.3 Å². The second-order valence-corrected chi connectivity index (χ2v) is 6.75. The number of carbonyl (C=O) groups excluding carboxylic acids is 1. The summed E-state index contributed by atoms with van der Waals surface area (Å²) in [5.74, 6) is -0.185. The lowest BCUT2D eigenvalue weighted by Crippen LogP contribution is -2.04. The number of nitrogens with zero attached hydrogens (tertiary/aromatic N) is 2. The molecule has 9 heteroatoms. The third-order valence-electron chi connectivity index (χ3n) is 3.82. The summed E-state index contributed by atoms with van der Waals surface area (Å²) >= 11 is 12.1. The van der Waals surface area contributed by atoms with E-state index >= 15 is 0 Å². The molecule has 2 aromatic heterocycles. The van der Waals surface area contributed by atoms with E-state index in [1.165, 1.54) is 18.3 Å². The number of benzene rings is 2. The van der Waals surface area contributed by atoms with Gasteiger partial charge in [0, 0.05) is 12.4 Å². The number of H-pyrrole nitrogens is 1. The molecule has 0 amide bonds. The Hall–Kier alpha value is -3.16. The first-order valence-corrected chi connectivity index (χ1v) is 9.67. The molecule has 0 saturated carbocycles. The van der Waals surface area contributed by atoms with E-state index in [1.54, 1.807) is 49.5 Å². The topological polar surface area (TPSA) is 79.9 Å². The third-order valence-corrected chi connectivity index (χ3v) is 4.45. The Balaban J connectivity index is 0.000000199. The van der Waals surface area contributed by atoms with Gasteiger partial charge in [-0.15, -0.1) is 0 Å². The Kier molecular flexibility index (Phi) is 7.21. The summed E-state index contributed by atoms with van der Waals surface area (Å²) in [7, 11) is 0. The van der Waals surface area contributed by atoms with Crippen molar-refractivity contribution in [1.82, 2.24) is 15.0 Å². The second kappa shape index (κ2) is 10.0. The van der Waals surface area contributed by atoms with Gasteiger partial charge in [-0.3, -0.25) is 4.98 Å². The fourth-order valence-electron chi connectivity index (χ4n) is 2.47. The summed E-state index contributed by atoms with van der Waals surface area (Å²) in [6, 6.07) is 12.9. The van der Waals surface area contributed by atoms with Crippen LogP contribution in [0.25, 0.3) is 11.0 Å². The first kappa shape index (κ1) is 21.5. The van der Waals surface area contributed by atoms with Gasteiger partial charge < -0.3 is 15.0 Å². The normalized spacial score (nSPS) is 10.3. The summed E-state index contributed by atoms with van der Waals surface area (Å²) in [6.07, 6.45) is 3.10. The van der Waals surface area contributed by atoms with Gasteiger partial charge in [0.2, 0.25) is 5.95 Å². The van der Waals surface area contributed by atoms with E-state index in [0.29, 0.717) is 44.9 Å². The van der Waals surface area contributed by atoms with Crippen molar-refractivity contribution >= 4 is 51.8 Å². The van der Waals surface area contributed by atoms with Gasteiger partial charge in [-0.05, 0) is 49.4 Å². The van der Waals surface area contributed by atoms with Crippen LogP contribution in [0, 0.1) is 5.82 Å². The molecule has 4 aromatic rings. The molecule has 0 radical (unpaired) electrons. The number of carbonyl (C=O) groups is 1. The van der Waals surface area contributed by atoms with E-state index in [-0.39, 0.29) is 11.8 Å². The van der Waals surface area contributed by atoms with E-state index in [2.05, 4.69) is 20.3 Å². The van der Waals surface area contributed by atoms with E-state index in [9.17, 15) is 9.18 Å². The van der Waals surface area contributed by atoms with Crippen molar-refractivity contribution in [3.63, 3.8) is 0 Å². The molecule has 0 bridgehead atoms. The molecule has 0 spiro atoms. The molecular formula is C21H17Cl2FN4O2. The average molecular weight is 447 g/mol. The molecule has 0 unspecified atom stereocenters. The number of pyridine rings is 1. The zero-order valence-electron chi connectivity index (χ0n) is 15.8. The Morgan fingerprint density at radius 1 is 1.17 bits per heavy atom. The van der Waals surface area contributed by atoms with Crippen LogP contribution in [0.5, 0.6) is 0 Å². The molecule has 0 saturated heterocycles. The largest absolute Gasteiger partial charge is 0.462 e. The highest BCUT2D eigenvalue weighted by atomic mass is 35.5. The Morgan fingerprint density at radius 2 is 1.93 bits per heavy atom. The minimum Gasteiger partial charge on any atom is -0.462 e. The van der Waals surface area contributed by atoms with Crippen LogP contribution < -0.4 is 5.32 Å².